The van der Waals surface area contributed by atoms with E-state index in [2.05, 4.69) is 11.9 Å². The Morgan fingerprint density at radius 2 is 2.14 bits per heavy atom. The van der Waals surface area contributed by atoms with E-state index < -0.39 is 0 Å². The van der Waals surface area contributed by atoms with E-state index in [1.165, 1.54) is 0 Å². The monoisotopic (exact) mass is 284 g/mol. The highest BCUT2D eigenvalue weighted by molar-refractivity contribution is 5.94. The maximum atomic E-state index is 12.5. The van der Waals surface area contributed by atoms with Gasteiger partial charge in [0.15, 0.2) is 0 Å². The summed E-state index contributed by atoms with van der Waals surface area (Å²) in [6.45, 7) is 4.29. The van der Waals surface area contributed by atoms with Crippen molar-refractivity contribution in [1.29, 1.82) is 0 Å². The second-order valence-corrected chi connectivity index (χ2v) is 6.01. The van der Waals surface area contributed by atoms with Crippen LogP contribution >= 0.6 is 0 Å². The van der Waals surface area contributed by atoms with Crippen LogP contribution in [0.2, 0.25) is 0 Å². The third-order valence-corrected chi connectivity index (χ3v) is 4.25. The highest BCUT2D eigenvalue weighted by Gasteiger charge is 2.35. The number of likely N-dealkylation sites (tertiary alicyclic amines) is 1. The third-order valence-electron chi connectivity index (χ3n) is 4.25. The molecule has 2 N–H and O–H groups in total. The van der Waals surface area contributed by atoms with E-state index in [0.717, 1.165) is 30.8 Å². The van der Waals surface area contributed by atoms with Gasteiger partial charge in [0.25, 0.3) is 5.91 Å². The minimum atomic E-state index is 0.0619. The summed E-state index contributed by atoms with van der Waals surface area (Å²) in [6.07, 6.45) is 6.33. The standard InChI is InChI=1S/C16H20N4O/c1-16(10-17)6-8-19(11-16)15(21)13-2-4-14(5-3-13)20-9-7-18-12-20/h2-5,7,9,12H,6,8,10-11,17H2,1H3. The molecule has 0 radical (unpaired) electrons. The molecule has 1 amide bonds. The minimum Gasteiger partial charge on any atom is -0.338 e. The Hall–Kier alpha value is -2.14. The first-order chi connectivity index (χ1) is 10.1. The molecular weight excluding hydrogens is 264 g/mol. The maximum Gasteiger partial charge on any atom is 0.253 e. The van der Waals surface area contributed by atoms with Crippen molar-refractivity contribution in [3.63, 3.8) is 0 Å². The van der Waals surface area contributed by atoms with Gasteiger partial charge in [-0.1, -0.05) is 6.92 Å². The molecule has 1 aliphatic rings. The average molecular weight is 284 g/mol. The van der Waals surface area contributed by atoms with E-state index in [1.807, 2.05) is 39.9 Å². The number of imidazole rings is 1. The van der Waals surface area contributed by atoms with Crippen molar-refractivity contribution in [3.05, 3.63) is 48.5 Å². The smallest absolute Gasteiger partial charge is 0.253 e. The normalized spacial score (nSPS) is 21.7. The van der Waals surface area contributed by atoms with Crippen LogP contribution in [0, 0.1) is 5.41 Å². The first-order valence-electron chi connectivity index (χ1n) is 7.19. The molecule has 3 rings (SSSR count). The summed E-state index contributed by atoms with van der Waals surface area (Å²) in [4.78, 5) is 18.4. The van der Waals surface area contributed by atoms with Gasteiger partial charge in [0.1, 0.15) is 0 Å². The molecule has 1 atom stereocenters. The van der Waals surface area contributed by atoms with Crippen molar-refractivity contribution in [3.8, 4) is 5.69 Å². The topological polar surface area (TPSA) is 64.2 Å². The zero-order chi connectivity index (χ0) is 14.9. The van der Waals surface area contributed by atoms with Crippen molar-refractivity contribution in [2.45, 2.75) is 13.3 Å². The fraction of sp³-hybridized carbons (Fsp3) is 0.375. The zero-order valence-electron chi connectivity index (χ0n) is 12.2. The van der Waals surface area contributed by atoms with Crippen molar-refractivity contribution in [1.82, 2.24) is 14.5 Å². The van der Waals surface area contributed by atoms with E-state index in [9.17, 15) is 4.79 Å². The van der Waals surface area contributed by atoms with Crippen LogP contribution in [0.15, 0.2) is 43.0 Å². The van der Waals surface area contributed by atoms with Crippen LogP contribution in [0.3, 0.4) is 0 Å². The lowest BCUT2D eigenvalue weighted by Gasteiger charge is -2.22. The molecule has 1 saturated heterocycles. The zero-order valence-corrected chi connectivity index (χ0v) is 12.2. The summed E-state index contributed by atoms with van der Waals surface area (Å²) in [6, 6.07) is 7.62. The van der Waals surface area contributed by atoms with E-state index in [-0.39, 0.29) is 11.3 Å². The number of benzene rings is 1. The SMILES string of the molecule is CC1(CN)CCN(C(=O)c2ccc(-n3ccnc3)cc2)C1. The number of hydrogen-bond donors (Lipinski definition) is 1. The summed E-state index contributed by atoms with van der Waals surface area (Å²) >= 11 is 0. The van der Waals surface area contributed by atoms with Gasteiger partial charge in [0, 0.05) is 36.7 Å². The molecule has 1 aromatic heterocycles. The molecule has 21 heavy (non-hydrogen) atoms. The highest BCUT2D eigenvalue weighted by atomic mass is 16.2. The average Bonchev–Trinajstić information content (AvgIpc) is 3.17. The second kappa shape index (κ2) is 5.33. The number of aromatic nitrogens is 2. The quantitative estimate of drug-likeness (QED) is 0.932. The molecule has 1 unspecified atom stereocenters. The molecule has 0 spiro atoms. The molecule has 0 bridgehead atoms. The lowest BCUT2D eigenvalue weighted by molar-refractivity contribution is 0.0777. The summed E-state index contributed by atoms with van der Waals surface area (Å²) in [7, 11) is 0. The van der Waals surface area contributed by atoms with Gasteiger partial charge in [-0.15, -0.1) is 0 Å². The second-order valence-electron chi connectivity index (χ2n) is 6.01. The Labute approximate surface area is 124 Å². The summed E-state index contributed by atoms with van der Waals surface area (Å²) < 4.78 is 1.91. The molecular formula is C16H20N4O. The van der Waals surface area contributed by atoms with Crippen molar-refractivity contribution in [2.75, 3.05) is 19.6 Å². The van der Waals surface area contributed by atoms with Gasteiger partial charge in [-0.05, 0) is 42.6 Å². The summed E-state index contributed by atoms with van der Waals surface area (Å²) in [5.74, 6) is 0.0874. The Balaban J connectivity index is 1.74. The Morgan fingerprint density at radius 1 is 1.38 bits per heavy atom. The third kappa shape index (κ3) is 2.69. The van der Waals surface area contributed by atoms with Crippen LogP contribution in [0.1, 0.15) is 23.7 Å². The molecule has 0 aliphatic carbocycles. The molecule has 0 saturated carbocycles. The molecule has 2 heterocycles. The van der Waals surface area contributed by atoms with E-state index in [1.54, 1.807) is 12.5 Å². The van der Waals surface area contributed by atoms with Crippen molar-refractivity contribution in [2.24, 2.45) is 11.1 Å². The van der Waals surface area contributed by atoms with Gasteiger partial charge in [0.2, 0.25) is 0 Å². The minimum absolute atomic E-state index is 0.0619. The van der Waals surface area contributed by atoms with Crippen LogP contribution in [-0.2, 0) is 0 Å². The molecule has 2 aromatic rings. The largest absolute Gasteiger partial charge is 0.338 e. The lowest BCUT2D eigenvalue weighted by Crippen LogP contribution is -2.34. The van der Waals surface area contributed by atoms with Crippen molar-refractivity contribution < 1.29 is 4.79 Å². The number of nitrogens with zero attached hydrogens (tertiary/aromatic N) is 3. The molecule has 1 aliphatic heterocycles. The Morgan fingerprint density at radius 3 is 2.71 bits per heavy atom. The Kier molecular flexibility index (Phi) is 3.51. The molecule has 110 valence electrons. The molecule has 1 fully saturated rings. The first-order valence-corrected chi connectivity index (χ1v) is 7.19. The van der Waals surface area contributed by atoms with Gasteiger partial charge in [0.05, 0.1) is 6.33 Å². The van der Waals surface area contributed by atoms with Gasteiger partial charge in [-0.2, -0.15) is 0 Å². The van der Waals surface area contributed by atoms with Crippen molar-refractivity contribution >= 4 is 5.91 Å². The van der Waals surface area contributed by atoms with Gasteiger partial charge >= 0.3 is 0 Å². The summed E-state index contributed by atoms with van der Waals surface area (Å²) in [5, 5.41) is 0. The first kappa shape index (κ1) is 13.8. The van der Waals surface area contributed by atoms with Gasteiger partial charge in [-0.3, -0.25) is 4.79 Å². The number of amides is 1. The number of carbonyl (C=O) groups is 1. The predicted octanol–water partition coefficient (Wildman–Crippen LogP) is 1.68. The maximum absolute atomic E-state index is 12.5. The van der Waals surface area contributed by atoms with Gasteiger partial charge < -0.3 is 15.2 Å². The van der Waals surface area contributed by atoms with Crippen LogP contribution in [0.25, 0.3) is 5.69 Å². The predicted molar refractivity (Wildman–Crippen MR) is 81.2 cm³/mol. The number of rotatable bonds is 3. The molecule has 5 nitrogen and oxygen atoms in total. The number of hydrogen-bond acceptors (Lipinski definition) is 3. The number of nitrogens with two attached hydrogens (primary N) is 1. The van der Waals surface area contributed by atoms with Crippen LogP contribution < -0.4 is 5.73 Å². The Bertz CT molecular complexity index is 620. The van der Waals surface area contributed by atoms with Gasteiger partial charge in [-0.25, -0.2) is 4.98 Å². The summed E-state index contributed by atoms with van der Waals surface area (Å²) in [5.41, 5.74) is 7.58. The van der Waals surface area contributed by atoms with E-state index in [0.29, 0.717) is 6.54 Å². The highest BCUT2D eigenvalue weighted by Crippen LogP contribution is 2.29. The molecule has 1 aromatic carbocycles. The fourth-order valence-corrected chi connectivity index (χ4v) is 2.73. The fourth-order valence-electron chi connectivity index (χ4n) is 2.73. The van der Waals surface area contributed by atoms with Crippen LogP contribution in [-0.4, -0.2) is 40.0 Å². The number of carbonyl (C=O) groups excluding carboxylic acids is 1. The van der Waals surface area contributed by atoms with E-state index in [4.69, 9.17) is 5.73 Å². The van der Waals surface area contributed by atoms with Crippen LogP contribution in [0.5, 0.6) is 0 Å². The van der Waals surface area contributed by atoms with Crippen LogP contribution in [0.4, 0.5) is 0 Å². The van der Waals surface area contributed by atoms with E-state index >= 15 is 0 Å². The molecule has 5 heteroatoms. The lowest BCUT2D eigenvalue weighted by atomic mass is 9.90.